The third kappa shape index (κ3) is 4.43. The van der Waals surface area contributed by atoms with E-state index in [0.717, 1.165) is 27.4 Å². The lowest BCUT2D eigenvalue weighted by Crippen LogP contribution is -2.33. The Labute approximate surface area is 157 Å². The first-order chi connectivity index (χ1) is 12.7. The highest BCUT2D eigenvalue weighted by atomic mass is 32.1. The Kier molecular flexibility index (Phi) is 5.92. The first-order valence-corrected chi connectivity index (χ1v) is 9.31. The quantitative estimate of drug-likeness (QED) is 0.652. The third-order valence-corrected chi connectivity index (χ3v) is 5.00. The Morgan fingerprint density at radius 3 is 2.62 bits per heavy atom. The molecule has 2 N–H and O–H groups in total. The summed E-state index contributed by atoms with van der Waals surface area (Å²) >= 11 is 1.64. The molecule has 2 aromatic carbocycles. The highest BCUT2D eigenvalue weighted by Crippen LogP contribution is 2.27. The van der Waals surface area contributed by atoms with Crippen molar-refractivity contribution in [1.29, 1.82) is 0 Å². The van der Waals surface area contributed by atoms with Crippen molar-refractivity contribution in [1.82, 2.24) is 5.32 Å². The van der Waals surface area contributed by atoms with E-state index in [9.17, 15) is 4.79 Å². The van der Waals surface area contributed by atoms with Gasteiger partial charge in [-0.15, -0.1) is 11.3 Å². The first-order valence-electron chi connectivity index (χ1n) is 8.43. The zero-order valence-corrected chi connectivity index (χ0v) is 15.7. The van der Waals surface area contributed by atoms with Gasteiger partial charge in [0, 0.05) is 4.88 Å². The number of ether oxygens (including phenoxy) is 1. The number of nitrogens with one attached hydrogen (secondary N) is 2. The van der Waals surface area contributed by atoms with E-state index in [4.69, 9.17) is 4.74 Å². The molecule has 3 aromatic rings. The Morgan fingerprint density at radius 2 is 1.92 bits per heavy atom. The summed E-state index contributed by atoms with van der Waals surface area (Å²) in [5.74, 6) is 0.650. The predicted molar refractivity (Wildman–Crippen MR) is 107 cm³/mol. The van der Waals surface area contributed by atoms with E-state index in [0.29, 0.717) is 0 Å². The molecule has 5 heteroatoms. The van der Waals surface area contributed by atoms with Gasteiger partial charge in [-0.3, -0.25) is 4.79 Å². The second kappa shape index (κ2) is 8.54. The zero-order valence-electron chi connectivity index (χ0n) is 14.9. The van der Waals surface area contributed by atoms with Gasteiger partial charge in [0.15, 0.2) is 0 Å². The van der Waals surface area contributed by atoms with Crippen LogP contribution in [0.25, 0.3) is 0 Å². The lowest BCUT2D eigenvalue weighted by molar-refractivity contribution is -0.119. The van der Waals surface area contributed by atoms with Crippen molar-refractivity contribution in [3.63, 3.8) is 0 Å². The van der Waals surface area contributed by atoms with Crippen LogP contribution in [0.15, 0.2) is 66.0 Å². The highest BCUT2D eigenvalue weighted by Gasteiger charge is 2.17. The molecule has 4 nitrogen and oxygen atoms in total. The topological polar surface area (TPSA) is 50.4 Å². The van der Waals surface area contributed by atoms with Crippen LogP contribution in [0.4, 0.5) is 5.69 Å². The van der Waals surface area contributed by atoms with Crippen LogP contribution in [0.1, 0.15) is 22.0 Å². The van der Waals surface area contributed by atoms with Gasteiger partial charge in [-0.2, -0.15) is 0 Å². The number of hydrogen-bond donors (Lipinski definition) is 2. The van der Waals surface area contributed by atoms with Gasteiger partial charge in [-0.05, 0) is 41.6 Å². The molecule has 1 heterocycles. The summed E-state index contributed by atoms with van der Waals surface area (Å²) in [6, 6.07) is 19.7. The van der Waals surface area contributed by atoms with Crippen molar-refractivity contribution >= 4 is 22.9 Å². The minimum absolute atomic E-state index is 0.0733. The van der Waals surface area contributed by atoms with Gasteiger partial charge < -0.3 is 15.4 Å². The lowest BCUT2D eigenvalue weighted by Gasteiger charge is -2.19. The second-order valence-corrected chi connectivity index (χ2v) is 6.96. The van der Waals surface area contributed by atoms with E-state index >= 15 is 0 Å². The number of thiophene rings is 1. The van der Waals surface area contributed by atoms with Crippen LogP contribution < -0.4 is 15.4 Å². The van der Waals surface area contributed by atoms with Crippen LogP contribution >= 0.6 is 11.3 Å². The van der Waals surface area contributed by atoms with E-state index in [1.54, 1.807) is 18.4 Å². The molecule has 3 rings (SSSR count). The minimum Gasteiger partial charge on any atom is -0.495 e. The lowest BCUT2D eigenvalue weighted by atomic mass is 10.1. The molecule has 0 bridgehead atoms. The Hall–Kier alpha value is -2.79. The van der Waals surface area contributed by atoms with Gasteiger partial charge >= 0.3 is 0 Å². The molecule has 0 fully saturated rings. The maximum atomic E-state index is 12.6. The maximum Gasteiger partial charge on any atom is 0.240 e. The standard InChI is InChI=1S/C21H22N2O2S/c1-15-10-11-18(25-2)17(13-15)22-14-20(24)23-21(19-9-6-12-26-19)16-7-4-3-5-8-16/h3-13,21-22H,14H2,1-2H3,(H,23,24)/t21-/m1/s1. The summed E-state index contributed by atoms with van der Waals surface area (Å²) in [5, 5.41) is 8.32. The first kappa shape index (κ1) is 18.0. The summed E-state index contributed by atoms with van der Waals surface area (Å²) < 4.78 is 5.35. The monoisotopic (exact) mass is 366 g/mol. The molecule has 134 valence electrons. The average Bonchev–Trinajstić information content (AvgIpc) is 3.19. The fraction of sp³-hybridized carbons (Fsp3) is 0.190. The number of aryl methyl sites for hydroxylation is 1. The van der Waals surface area contributed by atoms with E-state index in [-0.39, 0.29) is 18.5 Å². The number of carbonyl (C=O) groups excluding carboxylic acids is 1. The normalized spacial score (nSPS) is 11.6. The predicted octanol–water partition coefficient (Wildman–Crippen LogP) is 4.38. The number of methoxy groups -OCH3 is 1. The smallest absolute Gasteiger partial charge is 0.240 e. The van der Waals surface area contributed by atoms with Gasteiger partial charge in [0.1, 0.15) is 5.75 Å². The average molecular weight is 366 g/mol. The van der Waals surface area contributed by atoms with Gasteiger partial charge in [0.05, 0.1) is 25.4 Å². The van der Waals surface area contributed by atoms with Crippen molar-refractivity contribution in [2.75, 3.05) is 19.0 Å². The maximum absolute atomic E-state index is 12.6. The fourth-order valence-electron chi connectivity index (χ4n) is 2.77. The van der Waals surface area contributed by atoms with Gasteiger partial charge in [-0.1, -0.05) is 42.5 Å². The SMILES string of the molecule is COc1ccc(C)cc1NCC(=O)N[C@H](c1ccccc1)c1cccs1. The van der Waals surface area contributed by atoms with Crippen LogP contribution in [-0.2, 0) is 4.79 Å². The second-order valence-electron chi connectivity index (χ2n) is 5.98. The van der Waals surface area contributed by atoms with Crippen LogP contribution in [0, 0.1) is 6.92 Å². The van der Waals surface area contributed by atoms with Crippen LogP contribution in [0.2, 0.25) is 0 Å². The van der Waals surface area contributed by atoms with E-state index in [1.165, 1.54) is 0 Å². The molecule has 26 heavy (non-hydrogen) atoms. The summed E-state index contributed by atoms with van der Waals surface area (Å²) in [7, 11) is 1.62. The van der Waals surface area contributed by atoms with Crippen molar-refractivity contribution in [3.05, 3.63) is 82.0 Å². The van der Waals surface area contributed by atoms with Crippen LogP contribution in [0.3, 0.4) is 0 Å². The molecule has 0 radical (unpaired) electrons. The summed E-state index contributed by atoms with van der Waals surface area (Å²) in [6.45, 7) is 2.18. The van der Waals surface area contributed by atoms with Gasteiger partial charge in [-0.25, -0.2) is 0 Å². The number of rotatable bonds is 7. The highest BCUT2D eigenvalue weighted by molar-refractivity contribution is 7.10. The molecular weight excluding hydrogens is 344 g/mol. The minimum atomic E-state index is -0.148. The van der Waals surface area contributed by atoms with E-state index < -0.39 is 0 Å². The largest absolute Gasteiger partial charge is 0.495 e. The molecule has 0 unspecified atom stereocenters. The molecule has 0 aliphatic heterocycles. The van der Waals surface area contributed by atoms with Crippen LogP contribution in [-0.4, -0.2) is 19.6 Å². The number of benzene rings is 2. The number of hydrogen-bond acceptors (Lipinski definition) is 4. The van der Waals surface area contributed by atoms with Crippen molar-refractivity contribution in [2.24, 2.45) is 0 Å². The Bertz CT molecular complexity index is 848. The van der Waals surface area contributed by atoms with E-state index in [1.807, 2.05) is 73.0 Å². The number of amides is 1. The molecule has 0 saturated heterocycles. The number of anilines is 1. The molecule has 1 atom stereocenters. The molecule has 0 saturated carbocycles. The fourth-order valence-corrected chi connectivity index (χ4v) is 3.57. The Morgan fingerprint density at radius 1 is 1.12 bits per heavy atom. The summed E-state index contributed by atoms with van der Waals surface area (Å²) in [4.78, 5) is 13.7. The Balaban J connectivity index is 1.70. The van der Waals surface area contributed by atoms with Crippen molar-refractivity contribution < 1.29 is 9.53 Å². The summed E-state index contributed by atoms with van der Waals surface area (Å²) in [6.07, 6.45) is 0. The van der Waals surface area contributed by atoms with E-state index in [2.05, 4.69) is 10.6 Å². The van der Waals surface area contributed by atoms with Gasteiger partial charge in [0.2, 0.25) is 5.91 Å². The molecular formula is C21H22N2O2S. The summed E-state index contributed by atoms with van der Waals surface area (Å²) in [5.41, 5.74) is 2.99. The molecule has 1 amide bonds. The van der Waals surface area contributed by atoms with Crippen LogP contribution in [0.5, 0.6) is 5.75 Å². The van der Waals surface area contributed by atoms with Crippen molar-refractivity contribution in [2.45, 2.75) is 13.0 Å². The number of carbonyl (C=O) groups is 1. The molecule has 0 spiro atoms. The molecule has 0 aliphatic rings. The van der Waals surface area contributed by atoms with Gasteiger partial charge in [0.25, 0.3) is 0 Å². The zero-order chi connectivity index (χ0) is 18.4. The molecule has 0 aliphatic carbocycles. The molecule has 1 aromatic heterocycles. The van der Waals surface area contributed by atoms with Crippen molar-refractivity contribution in [3.8, 4) is 5.75 Å². The third-order valence-electron chi connectivity index (χ3n) is 4.06.